The number of carbonyl (C=O) groups is 2. The summed E-state index contributed by atoms with van der Waals surface area (Å²) in [5.74, 6) is -0.121. The maximum Gasteiger partial charge on any atom is 0.251 e. The normalized spacial score (nSPS) is 19.0. The fourth-order valence-electron chi connectivity index (χ4n) is 3.14. The Morgan fingerprint density at radius 1 is 1.08 bits per heavy atom. The predicted octanol–water partition coefficient (Wildman–Crippen LogP) is 2.31. The van der Waals surface area contributed by atoms with Gasteiger partial charge in [0, 0.05) is 48.2 Å². The highest BCUT2D eigenvalue weighted by atomic mass is 79.9. The highest BCUT2D eigenvalue weighted by Crippen LogP contribution is 2.29. The molecule has 2 amide bonds. The van der Waals surface area contributed by atoms with Gasteiger partial charge in [0.05, 0.1) is 0 Å². The van der Waals surface area contributed by atoms with E-state index < -0.39 is 0 Å². The van der Waals surface area contributed by atoms with Gasteiger partial charge in [-0.15, -0.1) is 0 Å². The lowest BCUT2D eigenvalue weighted by Crippen LogP contribution is -2.45. The van der Waals surface area contributed by atoms with Crippen LogP contribution < -0.4 is 10.6 Å². The first-order chi connectivity index (χ1) is 11.6. The van der Waals surface area contributed by atoms with Crippen molar-refractivity contribution in [2.24, 2.45) is 0 Å². The highest BCUT2D eigenvalue weighted by molar-refractivity contribution is 9.10. The van der Waals surface area contributed by atoms with Gasteiger partial charge in [-0.1, -0.05) is 15.9 Å². The summed E-state index contributed by atoms with van der Waals surface area (Å²) < 4.78 is 0.936. The number of hydrogen-bond acceptors (Lipinski definition) is 3. The summed E-state index contributed by atoms with van der Waals surface area (Å²) in [6.07, 6.45) is 5.08. The van der Waals surface area contributed by atoms with Gasteiger partial charge < -0.3 is 15.5 Å². The molecular weight excluding hydrogens is 370 g/mol. The van der Waals surface area contributed by atoms with Crippen molar-refractivity contribution in [1.29, 1.82) is 0 Å². The highest BCUT2D eigenvalue weighted by Gasteiger charge is 2.31. The number of nitrogens with one attached hydrogen (secondary N) is 2. The van der Waals surface area contributed by atoms with Crippen LogP contribution in [0.5, 0.6) is 0 Å². The van der Waals surface area contributed by atoms with Crippen LogP contribution in [0.3, 0.4) is 0 Å². The molecule has 130 valence electrons. The average molecular weight is 394 g/mol. The van der Waals surface area contributed by atoms with E-state index >= 15 is 0 Å². The number of benzene rings is 1. The maximum absolute atomic E-state index is 12.0. The fraction of sp³-hybridized carbons (Fsp3) is 0.556. The van der Waals surface area contributed by atoms with Crippen LogP contribution in [0, 0.1) is 0 Å². The first kappa shape index (κ1) is 17.4. The molecule has 1 aromatic carbocycles. The lowest BCUT2D eigenvalue weighted by atomic mass is 10.0. The minimum Gasteiger partial charge on any atom is -0.353 e. The van der Waals surface area contributed by atoms with Gasteiger partial charge >= 0.3 is 0 Å². The quantitative estimate of drug-likeness (QED) is 0.779. The molecule has 0 spiro atoms. The number of carbonyl (C=O) groups excluding carboxylic acids is 2. The Hall–Kier alpha value is -1.40. The van der Waals surface area contributed by atoms with E-state index in [4.69, 9.17) is 0 Å². The Morgan fingerprint density at radius 2 is 1.75 bits per heavy atom. The largest absolute Gasteiger partial charge is 0.353 e. The summed E-state index contributed by atoms with van der Waals surface area (Å²) in [5, 5.41) is 5.89. The molecular formula is C18H24BrN3O2. The van der Waals surface area contributed by atoms with Crippen molar-refractivity contribution in [2.45, 2.75) is 44.2 Å². The summed E-state index contributed by atoms with van der Waals surface area (Å²) in [6.45, 7) is 2.55. The van der Waals surface area contributed by atoms with Crippen molar-refractivity contribution < 1.29 is 9.59 Å². The van der Waals surface area contributed by atoms with E-state index in [9.17, 15) is 9.59 Å². The van der Waals surface area contributed by atoms with Crippen molar-refractivity contribution >= 4 is 27.7 Å². The van der Waals surface area contributed by atoms with E-state index in [0.29, 0.717) is 18.5 Å². The topological polar surface area (TPSA) is 61.4 Å². The standard InChI is InChI=1S/C18H24BrN3O2/c19-14-3-1-13(2-4-14)18(24)20-10-7-17(23)21-15-8-11-22(12-9-15)16-5-6-16/h1-4,15-16H,5-12H2,(H,20,24)(H,21,23). The van der Waals surface area contributed by atoms with Gasteiger partial charge in [0.2, 0.25) is 5.91 Å². The smallest absolute Gasteiger partial charge is 0.251 e. The molecule has 1 saturated heterocycles. The van der Waals surface area contributed by atoms with Gasteiger partial charge in [-0.05, 0) is 49.9 Å². The van der Waals surface area contributed by atoms with Gasteiger partial charge in [-0.2, -0.15) is 0 Å². The Morgan fingerprint density at radius 3 is 2.38 bits per heavy atom. The molecule has 1 aliphatic carbocycles. The molecule has 0 aromatic heterocycles. The van der Waals surface area contributed by atoms with Crippen LogP contribution in [-0.4, -0.2) is 48.4 Å². The Kier molecular flexibility index (Phi) is 5.89. The molecule has 0 bridgehead atoms. The zero-order chi connectivity index (χ0) is 16.9. The minimum atomic E-state index is -0.145. The molecule has 2 aliphatic rings. The van der Waals surface area contributed by atoms with Crippen LogP contribution >= 0.6 is 15.9 Å². The summed E-state index contributed by atoms with van der Waals surface area (Å²) in [7, 11) is 0. The molecule has 1 heterocycles. The molecule has 2 fully saturated rings. The molecule has 24 heavy (non-hydrogen) atoms. The first-order valence-electron chi connectivity index (χ1n) is 8.69. The number of piperidine rings is 1. The third-order valence-corrected chi connectivity index (χ3v) is 5.23. The number of halogens is 1. The molecule has 0 unspecified atom stereocenters. The molecule has 3 rings (SSSR count). The number of nitrogens with zero attached hydrogens (tertiary/aromatic N) is 1. The van der Waals surface area contributed by atoms with Gasteiger partial charge in [0.1, 0.15) is 0 Å². The van der Waals surface area contributed by atoms with Crippen LogP contribution in [-0.2, 0) is 4.79 Å². The predicted molar refractivity (Wildman–Crippen MR) is 96.9 cm³/mol. The number of hydrogen-bond donors (Lipinski definition) is 2. The SMILES string of the molecule is O=C(CCNC(=O)c1ccc(Br)cc1)NC1CCN(C2CC2)CC1. The second-order valence-corrected chi connectivity index (χ2v) is 7.54. The summed E-state index contributed by atoms with van der Waals surface area (Å²) >= 11 is 3.34. The molecule has 1 aliphatic heterocycles. The molecule has 0 atom stereocenters. The van der Waals surface area contributed by atoms with Crippen molar-refractivity contribution in [1.82, 2.24) is 15.5 Å². The maximum atomic E-state index is 12.0. The van der Waals surface area contributed by atoms with E-state index in [1.165, 1.54) is 12.8 Å². The van der Waals surface area contributed by atoms with E-state index in [1.807, 2.05) is 12.1 Å². The van der Waals surface area contributed by atoms with Gasteiger partial charge in [-0.25, -0.2) is 0 Å². The van der Waals surface area contributed by atoms with Crippen molar-refractivity contribution in [3.05, 3.63) is 34.3 Å². The van der Waals surface area contributed by atoms with E-state index in [1.54, 1.807) is 12.1 Å². The van der Waals surface area contributed by atoms with Gasteiger partial charge in [0.25, 0.3) is 5.91 Å². The monoisotopic (exact) mass is 393 g/mol. The molecule has 0 radical (unpaired) electrons. The molecule has 1 aromatic rings. The second kappa shape index (κ2) is 8.12. The lowest BCUT2D eigenvalue weighted by molar-refractivity contribution is -0.122. The van der Waals surface area contributed by atoms with Crippen LogP contribution in [0.15, 0.2) is 28.7 Å². The van der Waals surface area contributed by atoms with Crippen molar-refractivity contribution in [2.75, 3.05) is 19.6 Å². The van der Waals surface area contributed by atoms with E-state index in [2.05, 4.69) is 31.5 Å². The van der Waals surface area contributed by atoms with Crippen molar-refractivity contribution in [3.63, 3.8) is 0 Å². The summed E-state index contributed by atoms with van der Waals surface area (Å²) in [4.78, 5) is 26.5. The first-order valence-corrected chi connectivity index (χ1v) is 9.48. The zero-order valence-corrected chi connectivity index (χ0v) is 15.3. The third-order valence-electron chi connectivity index (χ3n) is 4.70. The van der Waals surface area contributed by atoms with Crippen LogP contribution in [0.25, 0.3) is 0 Å². The molecule has 1 saturated carbocycles. The number of rotatable bonds is 6. The average Bonchev–Trinajstić information content (AvgIpc) is 3.41. The van der Waals surface area contributed by atoms with Gasteiger partial charge in [0.15, 0.2) is 0 Å². The summed E-state index contributed by atoms with van der Waals surface area (Å²) in [6, 6.07) is 8.27. The minimum absolute atomic E-state index is 0.0241. The third kappa shape index (κ3) is 5.05. The lowest BCUT2D eigenvalue weighted by Gasteiger charge is -2.32. The van der Waals surface area contributed by atoms with E-state index in [-0.39, 0.29) is 17.9 Å². The van der Waals surface area contributed by atoms with Crippen LogP contribution in [0.2, 0.25) is 0 Å². The van der Waals surface area contributed by atoms with Gasteiger partial charge in [-0.3, -0.25) is 9.59 Å². The summed E-state index contributed by atoms with van der Waals surface area (Å²) in [5.41, 5.74) is 0.603. The Bertz CT molecular complexity index is 578. The molecule has 2 N–H and O–H groups in total. The second-order valence-electron chi connectivity index (χ2n) is 6.62. The zero-order valence-electron chi connectivity index (χ0n) is 13.8. The van der Waals surface area contributed by atoms with Crippen LogP contribution in [0.1, 0.15) is 42.5 Å². The number of amides is 2. The Labute approximate surface area is 151 Å². The molecule has 6 heteroatoms. The molecule has 5 nitrogen and oxygen atoms in total. The number of likely N-dealkylation sites (tertiary alicyclic amines) is 1. The van der Waals surface area contributed by atoms with Crippen molar-refractivity contribution in [3.8, 4) is 0 Å². The fourth-order valence-corrected chi connectivity index (χ4v) is 3.41. The van der Waals surface area contributed by atoms with E-state index in [0.717, 1.165) is 36.4 Å². The van der Waals surface area contributed by atoms with Crippen LogP contribution in [0.4, 0.5) is 0 Å². The Balaban J connectivity index is 1.32.